The van der Waals surface area contributed by atoms with Crippen LogP contribution in [0.3, 0.4) is 0 Å². The van der Waals surface area contributed by atoms with Crippen molar-refractivity contribution in [1.29, 1.82) is 0 Å². The molecule has 2 fully saturated rings. The average molecular weight is 198 g/mol. The van der Waals surface area contributed by atoms with Gasteiger partial charge in [0, 0.05) is 17.5 Å². The first-order valence-corrected chi connectivity index (χ1v) is 5.17. The molecule has 14 heavy (non-hydrogen) atoms. The van der Waals surface area contributed by atoms with E-state index in [2.05, 4.69) is 5.32 Å². The molecule has 4 N–H and O–H groups in total. The first-order valence-electron chi connectivity index (χ1n) is 5.17. The van der Waals surface area contributed by atoms with Gasteiger partial charge >= 0.3 is 5.97 Å². The third-order valence-corrected chi connectivity index (χ3v) is 4.25. The topological polar surface area (TPSA) is 75.4 Å². The number of nitrogens with one attached hydrogen (secondary N) is 1. The Morgan fingerprint density at radius 3 is 2.79 bits per heavy atom. The number of rotatable bonds is 1. The fourth-order valence-electron chi connectivity index (χ4n) is 2.93. The van der Waals surface area contributed by atoms with Crippen molar-refractivity contribution in [3.05, 3.63) is 0 Å². The molecule has 0 unspecified atom stereocenters. The number of nitrogens with two attached hydrogens (primary N) is 1. The zero-order valence-electron chi connectivity index (χ0n) is 8.71. The molecule has 2 heterocycles. The van der Waals surface area contributed by atoms with E-state index in [4.69, 9.17) is 5.73 Å². The molecule has 4 nitrogen and oxygen atoms in total. The van der Waals surface area contributed by atoms with Crippen molar-refractivity contribution in [2.75, 3.05) is 0 Å². The lowest BCUT2D eigenvalue weighted by Gasteiger charge is -2.49. The van der Waals surface area contributed by atoms with Crippen molar-refractivity contribution in [2.24, 2.45) is 11.1 Å². The predicted molar refractivity (Wildman–Crippen MR) is 52.9 cm³/mol. The fourth-order valence-corrected chi connectivity index (χ4v) is 2.93. The largest absolute Gasteiger partial charge is 0.480 e. The minimum Gasteiger partial charge on any atom is -0.480 e. The smallest absolute Gasteiger partial charge is 0.324 e. The molecular formula is C10H18N2O2. The second-order valence-electron chi connectivity index (χ2n) is 5.15. The summed E-state index contributed by atoms with van der Waals surface area (Å²) in [6.45, 7) is 3.92. The maximum atomic E-state index is 11.4. The summed E-state index contributed by atoms with van der Waals surface area (Å²) >= 11 is 0. The van der Waals surface area contributed by atoms with Crippen LogP contribution in [0, 0.1) is 5.41 Å². The highest BCUT2D eigenvalue weighted by Crippen LogP contribution is 2.47. The monoisotopic (exact) mass is 198 g/mol. The van der Waals surface area contributed by atoms with E-state index in [1.54, 1.807) is 0 Å². The Kier molecular flexibility index (Phi) is 1.92. The molecule has 0 aliphatic carbocycles. The molecule has 4 heteroatoms. The van der Waals surface area contributed by atoms with Crippen molar-refractivity contribution >= 4 is 5.97 Å². The molecule has 0 spiro atoms. The van der Waals surface area contributed by atoms with E-state index < -0.39 is 11.5 Å². The van der Waals surface area contributed by atoms with Gasteiger partial charge in [-0.15, -0.1) is 0 Å². The lowest BCUT2D eigenvalue weighted by atomic mass is 9.65. The first kappa shape index (κ1) is 9.93. The molecule has 2 aliphatic rings. The van der Waals surface area contributed by atoms with Gasteiger partial charge in [0.15, 0.2) is 0 Å². The van der Waals surface area contributed by atoms with Gasteiger partial charge in [0.05, 0.1) is 0 Å². The van der Waals surface area contributed by atoms with E-state index in [1.807, 2.05) is 13.8 Å². The number of piperidine rings is 1. The Morgan fingerprint density at radius 1 is 1.57 bits per heavy atom. The SMILES string of the molecule is CC1(C)[C@@H](N)C[C@@H]2CC[C@@]1(C(=O)O)N2. The van der Waals surface area contributed by atoms with Crippen molar-refractivity contribution in [1.82, 2.24) is 5.32 Å². The Balaban J connectivity index is 2.42. The third-order valence-electron chi connectivity index (χ3n) is 4.25. The van der Waals surface area contributed by atoms with Gasteiger partial charge in [0.25, 0.3) is 0 Å². The number of carboxylic acid groups (broad SMARTS) is 1. The van der Waals surface area contributed by atoms with Gasteiger partial charge in [-0.1, -0.05) is 13.8 Å². The summed E-state index contributed by atoms with van der Waals surface area (Å²) in [7, 11) is 0. The summed E-state index contributed by atoms with van der Waals surface area (Å²) in [5, 5.41) is 12.6. The number of hydrogen-bond donors (Lipinski definition) is 3. The summed E-state index contributed by atoms with van der Waals surface area (Å²) < 4.78 is 0. The second kappa shape index (κ2) is 2.70. The van der Waals surface area contributed by atoms with Crippen LogP contribution in [0.25, 0.3) is 0 Å². The summed E-state index contributed by atoms with van der Waals surface area (Å²) in [6.07, 6.45) is 2.53. The standard InChI is InChI=1S/C10H18N2O2/c1-9(2)7(11)5-6-3-4-10(9,12-6)8(13)14/h6-7,12H,3-5,11H2,1-2H3,(H,13,14)/t6-,7-,10-/m0/s1. The van der Waals surface area contributed by atoms with Crippen molar-refractivity contribution in [2.45, 2.75) is 50.7 Å². The fraction of sp³-hybridized carbons (Fsp3) is 0.900. The quantitative estimate of drug-likeness (QED) is 0.567. The number of hydrogen-bond acceptors (Lipinski definition) is 3. The normalized spacial score (nSPS) is 45.1. The lowest BCUT2D eigenvalue weighted by Crippen LogP contribution is -2.69. The van der Waals surface area contributed by atoms with Crippen LogP contribution >= 0.6 is 0 Å². The van der Waals surface area contributed by atoms with Crippen LogP contribution in [-0.2, 0) is 4.79 Å². The molecule has 0 saturated carbocycles. The van der Waals surface area contributed by atoms with Gasteiger partial charge < -0.3 is 10.8 Å². The molecule has 3 atom stereocenters. The van der Waals surface area contributed by atoms with Gasteiger partial charge in [-0.3, -0.25) is 10.1 Å². The molecule has 2 rings (SSSR count). The van der Waals surface area contributed by atoms with Crippen molar-refractivity contribution < 1.29 is 9.90 Å². The van der Waals surface area contributed by atoms with Gasteiger partial charge in [-0.05, 0) is 19.3 Å². The molecule has 0 radical (unpaired) electrons. The highest BCUT2D eigenvalue weighted by Gasteiger charge is 2.60. The van der Waals surface area contributed by atoms with Crippen LogP contribution < -0.4 is 11.1 Å². The maximum Gasteiger partial charge on any atom is 0.324 e. The van der Waals surface area contributed by atoms with Crippen LogP contribution in [0.4, 0.5) is 0 Å². The zero-order chi connectivity index (χ0) is 10.6. The maximum absolute atomic E-state index is 11.4. The molecule has 2 bridgehead atoms. The van der Waals surface area contributed by atoms with Crippen molar-refractivity contribution in [3.8, 4) is 0 Å². The molecule has 0 aromatic rings. The molecule has 0 amide bonds. The Morgan fingerprint density at radius 2 is 2.21 bits per heavy atom. The van der Waals surface area contributed by atoms with E-state index >= 15 is 0 Å². The third kappa shape index (κ3) is 0.982. The lowest BCUT2D eigenvalue weighted by molar-refractivity contribution is -0.152. The van der Waals surface area contributed by atoms with Crippen LogP contribution in [-0.4, -0.2) is 28.7 Å². The Bertz CT molecular complexity index is 277. The van der Waals surface area contributed by atoms with Crippen LogP contribution in [0.15, 0.2) is 0 Å². The van der Waals surface area contributed by atoms with Crippen molar-refractivity contribution in [3.63, 3.8) is 0 Å². The van der Waals surface area contributed by atoms with Gasteiger partial charge in [0.2, 0.25) is 0 Å². The predicted octanol–water partition coefficient (Wildman–Crippen LogP) is 0.319. The zero-order valence-corrected chi connectivity index (χ0v) is 8.71. The summed E-state index contributed by atoms with van der Waals surface area (Å²) in [4.78, 5) is 11.4. The van der Waals surface area contributed by atoms with Crippen LogP contribution in [0.2, 0.25) is 0 Å². The second-order valence-corrected chi connectivity index (χ2v) is 5.15. The molecule has 0 aromatic heterocycles. The van der Waals surface area contributed by atoms with E-state index in [0.717, 1.165) is 12.8 Å². The molecule has 2 aliphatic heterocycles. The highest BCUT2D eigenvalue weighted by atomic mass is 16.4. The molecule has 2 saturated heterocycles. The summed E-state index contributed by atoms with van der Waals surface area (Å²) in [6, 6.07) is 0.279. The summed E-state index contributed by atoms with van der Waals surface area (Å²) in [5.74, 6) is -0.750. The molecular weight excluding hydrogens is 180 g/mol. The van der Waals surface area contributed by atoms with Crippen LogP contribution in [0.1, 0.15) is 33.1 Å². The number of carbonyl (C=O) groups is 1. The van der Waals surface area contributed by atoms with Gasteiger partial charge in [-0.2, -0.15) is 0 Å². The van der Waals surface area contributed by atoms with E-state index in [0.29, 0.717) is 12.5 Å². The number of carboxylic acids is 1. The van der Waals surface area contributed by atoms with Crippen LogP contribution in [0.5, 0.6) is 0 Å². The average Bonchev–Trinajstić information content (AvgIpc) is 2.45. The van der Waals surface area contributed by atoms with Gasteiger partial charge in [0.1, 0.15) is 5.54 Å². The van der Waals surface area contributed by atoms with E-state index in [9.17, 15) is 9.90 Å². The molecule has 80 valence electrons. The Hall–Kier alpha value is -0.610. The Labute approximate surface area is 83.9 Å². The minimum atomic E-state index is -0.796. The highest BCUT2D eigenvalue weighted by molar-refractivity contribution is 5.81. The first-order chi connectivity index (χ1) is 6.40. The van der Waals surface area contributed by atoms with E-state index in [-0.39, 0.29) is 11.5 Å². The number of aliphatic carboxylic acids is 1. The summed E-state index contributed by atoms with van der Waals surface area (Å²) in [5.41, 5.74) is 4.89. The molecule has 0 aromatic carbocycles. The van der Waals surface area contributed by atoms with Gasteiger partial charge in [-0.25, -0.2) is 0 Å². The minimum absolute atomic E-state index is 0.0210. The number of fused-ring (bicyclic) bond motifs is 2. The van der Waals surface area contributed by atoms with E-state index in [1.165, 1.54) is 0 Å².